The van der Waals surface area contributed by atoms with Crippen LogP contribution in [0.25, 0.3) is 0 Å². The lowest BCUT2D eigenvalue weighted by Crippen LogP contribution is -2.30. The Labute approximate surface area is 377 Å². The Morgan fingerprint density at radius 3 is 1.05 bits per heavy atom. The summed E-state index contributed by atoms with van der Waals surface area (Å²) in [6.45, 7) is 6.47. The van der Waals surface area contributed by atoms with Gasteiger partial charge in [-0.05, 0) is 103 Å². The molecule has 0 radical (unpaired) electrons. The van der Waals surface area contributed by atoms with Gasteiger partial charge < -0.3 is 14.2 Å². The van der Waals surface area contributed by atoms with E-state index >= 15 is 0 Å². The van der Waals surface area contributed by atoms with E-state index in [1.54, 1.807) is 0 Å². The molecule has 0 bridgehead atoms. The standard InChI is InChI=1S/C55H96O6/c1-4-7-10-13-16-19-22-25-27-29-30-33-36-39-42-45-48-54(57)60-51-52(50-59-53(56)47-44-41-38-35-32-24-21-18-15-12-9-6-3)61-55(58)49-46-43-40-37-34-31-28-26-23-20-17-14-11-8-5-2/h8,11,17-18,20-21,26-29,52H,4-7,9-10,12-16,19,22-25,30-51H2,1-3H3/b11-8-,20-17-,21-18-,28-26-,29-27-/t52-/m1/s1. The number of allylic oxidation sites excluding steroid dienone is 10. The highest BCUT2D eigenvalue weighted by atomic mass is 16.6. The molecule has 61 heavy (non-hydrogen) atoms. The molecule has 6 nitrogen and oxygen atoms in total. The van der Waals surface area contributed by atoms with Crippen molar-refractivity contribution in [3.05, 3.63) is 60.8 Å². The van der Waals surface area contributed by atoms with Gasteiger partial charge in [-0.1, -0.05) is 191 Å². The summed E-state index contributed by atoms with van der Waals surface area (Å²) >= 11 is 0. The summed E-state index contributed by atoms with van der Waals surface area (Å²) in [5.74, 6) is -0.919. The van der Waals surface area contributed by atoms with Gasteiger partial charge in [0.25, 0.3) is 0 Å². The molecule has 0 unspecified atom stereocenters. The van der Waals surface area contributed by atoms with E-state index in [0.717, 1.165) is 109 Å². The molecular formula is C55H96O6. The van der Waals surface area contributed by atoms with E-state index in [1.807, 2.05) is 0 Å². The molecule has 0 fully saturated rings. The number of unbranched alkanes of at least 4 members (excludes halogenated alkanes) is 25. The lowest BCUT2D eigenvalue weighted by molar-refractivity contribution is -0.167. The number of ether oxygens (including phenoxy) is 3. The summed E-state index contributed by atoms with van der Waals surface area (Å²) in [5.41, 5.74) is 0. The van der Waals surface area contributed by atoms with Crippen LogP contribution < -0.4 is 0 Å². The van der Waals surface area contributed by atoms with E-state index in [2.05, 4.69) is 81.5 Å². The largest absolute Gasteiger partial charge is 0.462 e. The van der Waals surface area contributed by atoms with Crippen LogP contribution in [-0.4, -0.2) is 37.2 Å². The van der Waals surface area contributed by atoms with Crippen molar-refractivity contribution >= 4 is 17.9 Å². The highest BCUT2D eigenvalue weighted by Crippen LogP contribution is 2.14. The number of hydrogen-bond donors (Lipinski definition) is 0. The number of esters is 3. The van der Waals surface area contributed by atoms with Crippen molar-refractivity contribution in [1.29, 1.82) is 0 Å². The van der Waals surface area contributed by atoms with Gasteiger partial charge in [0.2, 0.25) is 0 Å². The lowest BCUT2D eigenvalue weighted by atomic mass is 10.1. The summed E-state index contributed by atoms with van der Waals surface area (Å²) < 4.78 is 16.8. The second-order valence-electron chi connectivity index (χ2n) is 17.0. The minimum Gasteiger partial charge on any atom is -0.462 e. The minimum atomic E-state index is -0.788. The first-order valence-electron chi connectivity index (χ1n) is 25.8. The third-order valence-electron chi connectivity index (χ3n) is 11.0. The third-order valence-corrected chi connectivity index (χ3v) is 11.0. The molecule has 0 N–H and O–H groups in total. The zero-order valence-electron chi connectivity index (χ0n) is 40.2. The fourth-order valence-corrected chi connectivity index (χ4v) is 7.09. The molecule has 0 saturated carbocycles. The number of rotatable bonds is 46. The second-order valence-corrected chi connectivity index (χ2v) is 17.0. The van der Waals surface area contributed by atoms with Crippen molar-refractivity contribution in [3.8, 4) is 0 Å². The van der Waals surface area contributed by atoms with E-state index in [9.17, 15) is 14.4 Å². The van der Waals surface area contributed by atoms with Gasteiger partial charge in [-0.15, -0.1) is 0 Å². The maximum Gasteiger partial charge on any atom is 0.306 e. The quantitative estimate of drug-likeness (QED) is 0.0263. The molecule has 0 aromatic heterocycles. The predicted molar refractivity (Wildman–Crippen MR) is 261 cm³/mol. The highest BCUT2D eigenvalue weighted by molar-refractivity contribution is 5.71. The van der Waals surface area contributed by atoms with Gasteiger partial charge in [0.05, 0.1) is 0 Å². The molecule has 0 aliphatic rings. The summed E-state index contributed by atoms with van der Waals surface area (Å²) in [6, 6.07) is 0. The van der Waals surface area contributed by atoms with Crippen LogP contribution >= 0.6 is 0 Å². The topological polar surface area (TPSA) is 78.9 Å². The van der Waals surface area contributed by atoms with E-state index in [1.165, 1.54) is 103 Å². The van der Waals surface area contributed by atoms with Crippen LogP contribution in [0.15, 0.2) is 60.8 Å². The normalized spacial score (nSPS) is 12.5. The van der Waals surface area contributed by atoms with E-state index < -0.39 is 6.10 Å². The van der Waals surface area contributed by atoms with Crippen LogP contribution in [0.3, 0.4) is 0 Å². The van der Waals surface area contributed by atoms with E-state index in [0.29, 0.717) is 19.3 Å². The molecule has 0 heterocycles. The van der Waals surface area contributed by atoms with Gasteiger partial charge in [-0.25, -0.2) is 0 Å². The van der Waals surface area contributed by atoms with Gasteiger partial charge in [-0.2, -0.15) is 0 Å². The first-order chi connectivity index (χ1) is 30.0. The molecule has 0 aromatic rings. The molecule has 352 valence electrons. The lowest BCUT2D eigenvalue weighted by Gasteiger charge is -2.18. The van der Waals surface area contributed by atoms with Crippen molar-refractivity contribution in [2.75, 3.05) is 13.2 Å². The van der Waals surface area contributed by atoms with Crippen molar-refractivity contribution in [2.24, 2.45) is 0 Å². The van der Waals surface area contributed by atoms with Crippen LogP contribution in [0.5, 0.6) is 0 Å². The summed E-state index contributed by atoms with van der Waals surface area (Å²) in [6.07, 6.45) is 60.6. The molecule has 0 amide bonds. The Kier molecular flexibility index (Phi) is 47.4. The zero-order chi connectivity index (χ0) is 44.4. The Hall–Kier alpha value is -2.89. The SMILES string of the molecule is CC/C=C\C/C=C\C/C=C\CCCCCCCC(=O)O[C@H](COC(=O)CCCCCCC/C=C\CCCCC)COC(=O)CCCCCCC/C=C\CCCCCCCCC. The molecule has 0 spiro atoms. The number of carbonyl (C=O) groups is 3. The number of carbonyl (C=O) groups excluding carboxylic acids is 3. The van der Waals surface area contributed by atoms with Crippen LogP contribution in [0.1, 0.15) is 252 Å². The Morgan fingerprint density at radius 1 is 0.344 bits per heavy atom. The van der Waals surface area contributed by atoms with Crippen molar-refractivity contribution in [3.63, 3.8) is 0 Å². The third kappa shape index (κ3) is 48.0. The summed E-state index contributed by atoms with van der Waals surface area (Å²) in [5, 5.41) is 0. The van der Waals surface area contributed by atoms with Gasteiger partial charge in [0.1, 0.15) is 13.2 Å². The van der Waals surface area contributed by atoms with Crippen molar-refractivity contribution in [1.82, 2.24) is 0 Å². The molecule has 0 rings (SSSR count). The van der Waals surface area contributed by atoms with Crippen LogP contribution in [0.4, 0.5) is 0 Å². The number of hydrogen-bond acceptors (Lipinski definition) is 6. The van der Waals surface area contributed by atoms with E-state index in [-0.39, 0.29) is 31.1 Å². The fraction of sp³-hybridized carbons (Fsp3) is 0.764. The van der Waals surface area contributed by atoms with Crippen LogP contribution in [0, 0.1) is 0 Å². The Bertz CT molecular complexity index is 1120. The Balaban J connectivity index is 4.42. The average Bonchev–Trinajstić information content (AvgIpc) is 3.26. The fourth-order valence-electron chi connectivity index (χ4n) is 7.09. The molecule has 6 heteroatoms. The molecular weight excluding hydrogens is 757 g/mol. The van der Waals surface area contributed by atoms with Gasteiger partial charge >= 0.3 is 17.9 Å². The molecule has 1 atom stereocenters. The maximum absolute atomic E-state index is 12.8. The van der Waals surface area contributed by atoms with E-state index in [4.69, 9.17) is 14.2 Å². The average molecular weight is 853 g/mol. The van der Waals surface area contributed by atoms with Gasteiger partial charge in [-0.3, -0.25) is 14.4 Å². The van der Waals surface area contributed by atoms with Crippen molar-refractivity contribution in [2.45, 2.75) is 258 Å². The van der Waals surface area contributed by atoms with Gasteiger partial charge in [0.15, 0.2) is 6.10 Å². The monoisotopic (exact) mass is 853 g/mol. The molecule has 0 aromatic carbocycles. The minimum absolute atomic E-state index is 0.0880. The predicted octanol–water partition coefficient (Wildman–Crippen LogP) is 16.9. The molecule has 0 saturated heterocycles. The molecule has 0 aliphatic heterocycles. The van der Waals surface area contributed by atoms with Crippen LogP contribution in [-0.2, 0) is 28.6 Å². The van der Waals surface area contributed by atoms with Gasteiger partial charge in [0, 0.05) is 19.3 Å². The highest BCUT2D eigenvalue weighted by Gasteiger charge is 2.19. The Morgan fingerprint density at radius 2 is 0.639 bits per heavy atom. The second kappa shape index (κ2) is 49.8. The smallest absolute Gasteiger partial charge is 0.306 e. The first kappa shape index (κ1) is 58.1. The maximum atomic E-state index is 12.8. The first-order valence-corrected chi connectivity index (χ1v) is 25.8. The van der Waals surface area contributed by atoms with Crippen molar-refractivity contribution < 1.29 is 28.6 Å². The molecule has 0 aliphatic carbocycles. The summed E-state index contributed by atoms with van der Waals surface area (Å²) in [7, 11) is 0. The zero-order valence-corrected chi connectivity index (χ0v) is 40.2. The summed E-state index contributed by atoms with van der Waals surface area (Å²) in [4.78, 5) is 37.9. The van der Waals surface area contributed by atoms with Crippen LogP contribution in [0.2, 0.25) is 0 Å².